The lowest BCUT2D eigenvalue weighted by Gasteiger charge is -2.61. The molecule has 0 aromatic carbocycles. The maximum Gasteiger partial charge on any atom is 0.419 e. The zero-order valence-corrected chi connectivity index (χ0v) is 20.2. The van der Waals surface area contributed by atoms with Crippen molar-refractivity contribution in [2.45, 2.75) is 49.5 Å². The van der Waals surface area contributed by atoms with Crippen LogP contribution in [0.15, 0.2) is 18.3 Å². The van der Waals surface area contributed by atoms with Crippen LogP contribution in [0.5, 0.6) is 0 Å². The molecule has 2 aliphatic heterocycles. The molecule has 3 unspecified atom stereocenters. The predicted molar refractivity (Wildman–Crippen MR) is 124 cm³/mol. The lowest BCUT2D eigenvalue weighted by molar-refractivity contribution is -0.205. The van der Waals surface area contributed by atoms with Crippen molar-refractivity contribution < 1.29 is 17.9 Å². The highest BCUT2D eigenvalue weighted by Gasteiger charge is 2.90. The molecule has 2 aromatic heterocycles. The Labute approximate surface area is 202 Å². The number of ether oxygens (including phenoxy) is 1. The lowest BCUT2D eigenvalue weighted by atomic mass is 9.59. The third-order valence-electron chi connectivity index (χ3n) is 9.42. The van der Waals surface area contributed by atoms with E-state index in [0.29, 0.717) is 35.1 Å². The molecule has 1 spiro atoms. The second-order valence-corrected chi connectivity index (χ2v) is 11.7. The Hall–Kier alpha value is -2.17. The SMILES string of the molecule is CC(C)n1nc(-c2cnc(N)c(C(F)(F)F)c2)cc1[C@@]12C3C[C@H]1C2C3N1CC2(CN(C)CCO2)C1. The van der Waals surface area contributed by atoms with E-state index in [1.807, 2.05) is 10.7 Å². The number of aromatic nitrogens is 3. The zero-order chi connectivity index (χ0) is 24.5. The van der Waals surface area contributed by atoms with Gasteiger partial charge in [-0.05, 0) is 57.2 Å². The van der Waals surface area contributed by atoms with E-state index in [9.17, 15) is 13.2 Å². The summed E-state index contributed by atoms with van der Waals surface area (Å²) in [5, 5.41) is 4.77. The first-order valence-electron chi connectivity index (χ1n) is 12.5. The zero-order valence-electron chi connectivity index (χ0n) is 20.2. The molecule has 7 rings (SSSR count). The Balaban J connectivity index is 1.15. The van der Waals surface area contributed by atoms with Gasteiger partial charge in [-0.3, -0.25) is 9.58 Å². The van der Waals surface area contributed by atoms with E-state index in [4.69, 9.17) is 15.6 Å². The third kappa shape index (κ3) is 2.79. The molecular weight excluding hydrogens is 457 g/mol. The van der Waals surface area contributed by atoms with Crippen LogP contribution in [0.3, 0.4) is 0 Å². The van der Waals surface area contributed by atoms with Gasteiger partial charge in [0.15, 0.2) is 0 Å². The van der Waals surface area contributed by atoms with Crippen LogP contribution in [0, 0.1) is 17.8 Å². The number of rotatable bonds is 4. The van der Waals surface area contributed by atoms with Gasteiger partial charge in [-0.25, -0.2) is 4.98 Å². The first-order valence-corrected chi connectivity index (χ1v) is 12.5. The van der Waals surface area contributed by atoms with Crippen LogP contribution in [0.25, 0.3) is 11.3 Å². The van der Waals surface area contributed by atoms with Gasteiger partial charge in [0, 0.05) is 61.1 Å². The molecule has 10 heteroatoms. The second kappa shape index (κ2) is 6.77. The van der Waals surface area contributed by atoms with Gasteiger partial charge in [0.2, 0.25) is 0 Å². The first-order chi connectivity index (χ1) is 16.5. The maximum absolute atomic E-state index is 13.4. The second-order valence-electron chi connectivity index (χ2n) is 11.7. The van der Waals surface area contributed by atoms with E-state index in [2.05, 4.69) is 35.7 Å². The molecule has 7 nitrogen and oxygen atoms in total. The molecule has 2 N–H and O–H groups in total. The van der Waals surface area contributed by atoms with Crippen molar-refractivity contribution in [1.82, 2.24) is 24.6 Å². The number of nitrogens with two attached hydrogens (primary N) is 1. The van der Waals surface area contributed by atoms with Crippen LogP contribution in [-0.4, -0.2) is 76.0 Å². The summed E-state index contributed by atoms with van der Waals surface area (Å²) in [7, 11) is 2.16. The minimum Gasteiger partial charge on any atom is -0.383 e. The molecule has 4 heterocycles. The first kappa shape index (κ1) is 22.1. The summed E-state index contributed by atoms with van der Waals surface area (Å²) < 4.78 is 48.5. The summed E-state index contributed by atoms with van der Waals surface area (Å²) in [6.07, 6.45) is -1.92. The average molecular weight is 489 g/mol. The van der Waals surface area contributed by atoms with Gasteiger partial charge in [0.1, 0.15) is 11.4 Å². The fourth-order valence-corrected chi connectivity index (χ4v) is 8.02. The number of halogens is 3. The molecule has 5 aliphatic rings. The predicted octanol–water partition coefficient (Wildman–Crippen LogP) is 3.03. The number of pyridine rings is 1. The van der Waals surface area contributed by atoms with Gasteiger partial charge in [0.05, 0.1) is 17.9 Å². The topological polar surface area (TPSA) is 72.4 Å². The summed E-state index contributed by atoms with van der Waals surface area (Å²) in [6, 6.07) is 3.80. The molecule has 35 heavy (non-hydrogen) atoms. The summed E-state index contributed by atoms with van der Waals surface area (Å²) >= 11 is 0. The van der Waals surface area contributed by atoms with Crippen LogP contribution in [0.4, 0.5) is 19.0 Å². The molecular formula is C25H31F3N6O. The molecule has 5 atom stereocenters. The molecule has 2 saturated heterocycles. The summed E-state index contributed by atoms with van der Waals surface area (Å²) in [6.45, 7) is 8.97. The standard InChI is InChI=1S/C25H31F3N6O/c1-13(2)34-19(8-18(31-34)14-6-17(25(26,27)28)22(29)30-9-14)24-15-7-16(24)21(20(15)24)33-11-23(12-33)10-32(3)4-5-35-23/h6,8-9,13,15-16,20-21H,4-5,7,10-12H2,1-3H3,(H2,29,30)/t15-,16?,20?,21?,24-/m0/s1. The molecule has 3 aliphatic carbocycles. The van der Waals surface area contributed by atoms with Crippen LogP contribution >= 0.6 is 0 Å². The van der Waals surface area contributed by atoms with E-state index in [1.165, 1.54) is 18.3 Å². The van der Waals surface area contributed by atoms with E-state index >= 15 is 0 Å². The Morgan fingerprint density at radius 3 is 2.60 bits per heavy atom. The average Bonchev–Trinajstić information content (AvgIpc) is 3.18. The highest BCUT2D eigenvalue weighted by molar-refractivity contribution is 5.64. The van der Waals surface area contributed by atoms with Gasteiger partial charge in [-0.2, -0.15) is 18.3 Å². The third-order valence-corrected chi connectivity index (χ3v) is 9.42. The summed E-state index contributed by atoms with van der Waals surface area (Å²) in [5.74, 6) is 1.35. The minimum absolute atomic E-state index is 0.00422. The van der Waals surface area contributed by atoms with Crippen LogP contribution in [0.1, 0.15) is 37.6 Å². The number of hydrogen-bond donors (Lipinski definition) is 1. The Bertz CT molecular complexity index is 1200. The number of alkyl halides is 3. The fourth-order valence-electron chi connectivity index (χ4n) is 8.02. The quantitative estimate of drug-likeness (QED) is 0.714. The number of fused-ring (bicyclic) bond motifs is 1. The lowest BCUT2D eigenvalue weighted by Crippen LogP contribution is -2.74. The molecule has 3 saturated carbocycles. The van der Waals surface area contributed by atoms with Crippen molar-refractivity contribution in [3.05, 3.63) is 29.6 Å². The highest BCUT2D eigenvalue weighted by atomic mass is 19.4. The number of likely N-dealkylation sites (tertiary alicyclic amines) is 1. The Kier molecular flexibility index (Phi) is 4.27. The number of nitrogens with zero attached hydrogens (tertiary/aromatic N) is 5. The number of nitrogen functional groups attached to an aromatic ring is 1. The monoisotopic (exact) mass is 488 g/mol. The van der Waals surface area contributed by atoms with Gasteiger partial charge in [0.25, 0.3) is 0 Å². The molecule has 2 aromatic rings. The highest BCUT2D eigenvalue weighted by Crippen LogP contribution is 2.87. The number of likely N-dealkylation sites (N-methyl/N-ethyl adjacent to an activating group) is 1. The molecule has 0 bridgehead atoms. The number of morpholine rings is 1. The van der Waals surface area contributed by atoms with Crippen molar-refractivity contribution in [2.75, 3.05) is 45.6 Å². The smallest absolute Gasteiger partial charge is 0.383 e. The fraction of sp³-hybridized carbons (Fsp3) is 0.680. The van der Waals surface area contributed by atoms with Crippen molar-refractivity contribution in [3.63, 3.8) is 0 Å². The van der Waals surface area contributed by atoms with E-state index in [1.54, 1.807) is 0 Å². The van der Waals surface area contributed by atoms with Crippen molar-refractivity contribution in [2.24, 2.45) is 17.8 Å². The summed E-state index contributed by atoms with van der Waals surface area (Å²) in [4.78, 5) is 8.81. The Morgan fingerprint density at radius 1 is 1.17 bits per heavy atom. The van der Waals surface area contributed by atoms with Crippen molar-refractivity contribution >= 4 is 5.82 Å². The minimum atomic E-state index is -4.55. The number of anilines is 1. The maximum atomic E-state index is 13.4. The summed E-state index contributed by atoms with van der Waals surface area (Å²) in [5.41, 5.74) is 6.82. The van der Waals surface area contributed by atoms with Gasteiger partial charge < -0.3 is 15.4 Å². The van der Waals surface area contributed by atoms with E-state index in [0.717, 1.165) is 38.9 Å². The Morgan fingerprint density at radius 2 is 1.94 bits per heavy atom. The van der Waals surface area contributed by atoms with E-state index in [-0.39, 0.29) is 17.1 Å². The normalized spacial score (nSPS) is 35.4. The van der Waals surface area contributed by atoms with E-state index < -0.39 is 17.6 Å². The van der Waals surface area contributed by atoms with Crippen LogP contribution in [0.2, 0.25) is 0 Å². The van der Waals surface area contributed by atoms with Crippen LogP contribution in [-0.2, 0) is 16.3 Å². The largest absolute Gasteiger partial charge is 0.419 e. The van der Waals surface area contributed by atoms with Crippen LogP contribution < -0.4 is 5.73 Å². The molecule has 5 fully saturated rings. The van der Waals surface area contributed by atoms with Gasteiger partial charge >= 0.3 is 6.18 Å². The molecule has 188 valence electrons. The number of hydrogen-bond acceptors (Lipinski definition) is 6. The van der Waals surface area contributed by atoms with Gasteiger partial charge in [-0.1, -0.05) is 0 Å². The molecule has 0 amide bonds. The molecule has 0 radical (unpaired) electrons. The van der Waals surface area contributed by atoms with Crippen molar-refractivity contribution in [1.29, 1.82) is 0 Å². The van der Waals surface area contributed by atoms with Gasteiger partial charge in [-0.15, -0.1) is 0 Å². The van der Waals surface area contributed by atoms with Crippen molar-refractivity contribution in [3.8, 4) is 11.3 Å².